The van der Waals surface area contributed by atoms with Gasteiger partial charge in [0.15, 0.2) is 12.4 Å². The number of fused-ring (bicyclic) bond motifs is 1. The van der Waals surface area contributed by atoms with Crippen LogP contribution in [0.15, 0.2) is 12.1 Å². The van der Waals surface area contributed by atoms with Crippen LogP contribution in [0.2, 0.25) is 5.02 Å². The Morgan fingerprint density at radius 1 is 1.58 bits per heavy atom. The van der Waals surface area contributed by atoms with Crippen LogP contribution in [0.4, 0.5) is 0 Å². The molecule has 0 heterocycles. The summed E-state index contributed by atoms with van der Waals surface area (Å²) >= 11 is 9.57. The van der Waals surface area contributed by atoms with Gasteiger partial charge in [-0.1, -0.05) is 34.5 Å². The lowest BCUT2D eigenvalue weighted by atomic mass is 10.0. The Bertz CT molecular complexity index is 558. The lowest BCUT2D eigenvalue weighted by molar-refractivity contribution is -0.139. The van der Waals surface area contributed by atoms with Gasteiger partial charge in [-0.05, 0) is 30.5 Å². The second kappa shape index (κ2) is 5.13. The summed E-state index contributed by atoms with van der Waals surface area (Å²) in [5.41, 5.74) is 1.11. The zero-order valence-electron chi connectivity index (χ0n) is 10.2. The highest BCUT2D eigenvalue weighted by atomic mass is 79.9. The first-order valence-corrected chi connectivity index (χ1v) is 6.96. The van der Waals surface area contributed by atoms with E-state index in [0.717, 1.165) is 0 Å². The molecule has 4 nitrogen and oxygen atoms in total. The molecule has 0 amide bonds. The van der Waals surface area contributed by atoms with Gasteiger partial charge in [-0.25, -0.2) is 4.79 Å². The summed E-state index contributed by atoms with van der Waals surface area (Å²) in [7, 11) is 0. The quantitative estimate of drug-likeness (QED) is 0.850. The predicted molar refractivity (Wildman–Crippen MR) is 74.6 cm³/mol. The first kappa shape index (κ1) is 14.3. The van der Waals surface area contributed by atoms with Gasteiger partial charge >= 0.3 is 5.97 Å². The number of hydrogen-bond donors (Lipinski definition) is 1. The van der Waals surface area contributed by atoms with Crippen LogP contribution in [0, 0.1) is 0 Å². The van der Waals surface area contributed by atoms with Gasteiger partial charge in [0.1, 0.15) is 5.75 Å². The standard InChI is InChI=1S/C13H12BrClO4/c1-2-13(14)5-7-8(15)3-4-9(11(7)12(13)18)19-6-10(16)17/h3-4H,2,5-6H2,1H3,(H,16,17). The van der Waals surface area contributed by atoms with Gasteiger partial charge < -0.3 is 9.84 Å². The summed E-state index contributed by atoms with van der Waals surface area (Å²) in [4.78, 5) is 23.0. The normalized spacial score (nSPS) is 21.3. The molecule has 2 rings (SSSR count). The highest BCUT2D eigenvalue weighted by Crippen LogP contribution is 2.45. The van der Waals surface area contributed by atoms with E-state index in [1.54, 1.807) is 6.07 Å². The van der Waals surface area contributed by atoms with Crippen LogP contribution in [0.5, 0.6) is 5.75 Å². The first-order valence-electron chi connectivity index (χ1n) is 5.78. The number of alkyl halides is 1. The highest BCUT2D eigenvalue weighted by Gasteiger charge is 2.44. The monoisotopic (exact) mass is 346 g/mol. The Morgan fingerprint density at radius 3 is 2.84 bits per heavy atom. The second-order valence-corrected chi connectivity index (χ2v) is 6.33. The average Bonchev–Trinajstić information content (AvgIpc) is 2.64. The number of Topliss-reactive ketones (excluding diaryl/α,β-unsaturated/α-hetero) is 1. The van der Waals surface area contributed by atoms with Crippen LogP contribution in [-0.4, -0.2) is 27.8 Å². The van der Waals surface area contributed by atoms with Crippen LogP contribution >= 0.6 is 27.5 Å². The number of carbonyl (C=O) groups is 2. The molecule has 0 fully saturated rings. The van der Waals surface area contributed by atoms with E-state index in [2.05, 4.69) is 15.9 Å². The van der Waals surface area contributed by atoms with Gasteiger partial charge in [-0.15, -0.1) is 0 Å². The summed E-state index contributed by atoms with van der Waals surface area (Å²) in [6.07, 6.45) is 1.11. The summed E-state index contributed by atoms with van der Waals surface area (Å²) < 4.78 is 4.51. The minimum Gasteiger partial charge on any atom is -0.481 e. The number of carbonyl (C=O) groups excluding carboxylic acids is 1. The molecule has 0 spiro atoms. The maximum Gasteiger partial charge on any atom is 0.341 e. The van der Waals surface area contributed by atoms with Crippen molar-refractivity contribution >= 4 is 39.3 Å². The van der Waals surface area contributed by atoms with Crippen LogP contribution in [0.3, 0.4) is 0 Å². The largest absolute Gasteiger partial charge is 0.481 e. The molecule has 0 radical (unpaired) electrons. The Hall–Kier alpha value is -1.07. The van der Waals surface area contributed by atoms with Gasteiger partial charge in [0.25, 0.3) is 0 Å². The van der Waals surface area contributed by atoms with Crippen molar-refractivity contribution in [2.24, 2.45) is 0 Å². The fourth-order valence-corrected chi connectivity index (χ4v) is 2.86. The number of aliphatic carboxylic acids is 1. The van der Waals surface area contributed by atoms with E-state index < -0.39 is 16.9 Å². The molecule has 19 heavy (non-hydrogen) atoms. The fraction of sp³-hybridized carbons (Fsp3) is 0.385. The third kappa shape index (κ3) is 2.49. The molecule has 1 N–H and O–H groups in total. The predicted octanol–water partition coefficient (Wildman–Crippen LogP) is 3.09. The van der Waals surface area contributed by atoms with Crippen molar-refractivity contribution in [1.29, 1.82) is 0 Å². The van der Waals surface area contributed by atoms with Gasteiger partial charge in [0.05, 0.1) is 9.89 Å². The molecule has 0 saturated carbocycles. The topological polar surface area (TPSA) is 63.6 Å². The van der Waals surface area contributed by atoms with Crippen LogP contribution in [0.1, 0.15) is 29.3 Å². The third-order valence-corrected chi connectivity index (χ3v) is 4.78. The molecule has 0 bridgehead atoms. The summed E-state index contributed by atoms with van der Waals surface area (Å²) in [6.45, 7) is 1.42. The van der Waals surface area contributed by atoms with E-state index >= 15 is 0 Å². The Kier molecular flexibility index (Phi) is 3.87. The number of halogens is 2. The molecule has 1 aromatic carbocycles. The van der Waals surface area contributed by atoms with E-state index in [-0.39, 0.29) is 11.5 Å². The third-order valence-electron chi connectivity index (χ3n) is 3.22. The molecule has 1 unspecified atom stereocenters. The lowest BCUT2D eigenvalue weighted by Crippen LogP contribution is -2.27. The average molecular weight is 348 g/mol. The maximum absolute atomic E-state index is 12.4. The minimum atomic E-state index is -1.09. The molecule has 0 aliphatic heterocycles. The first-order chi connectivity index (χ1) is 8.89. The van der Waals surface area contributed by atoms with E-state index in [9.17, 15) is 9.59 Å². The van der Waals surface area contributed by atoms with E-state index in [0.29, 0.717) is 29.0 Å². The van der Waals surface area contributed by atoms with Crippen molar-refractivity contribution in [2.45, 2.75) is 24.1 Å². The van der Waals surface area contributed by atoms with Crippen molar-refractivity contribution in [3.63, 3.8) is 0 Å². The van der Waals surface area contributed by atoms with Gasteiger partial charge in [-0.3, -0.25) is 4.79 Å². The summed E-state index contributed by atoms with van der Waals surface area (Å²) in [6, 6.07) is 3.16. The highest BCUT2D eigenvalue weighted by molar-refractivity contribution is 9.10. The molecule has 6 heteroatoms. The molecule has 1 aromatic rings. The van der Waals surface area contributed by atoms with Gasteiger partial charge in [-0.2, -0.15) is 0 Å². The number of carboxylic acid groups (broad SMARTS) is 1. The van der Waals surface area contributed by atoms with Crippen molar-refractivity contribution in [2.75, 3.05) is 6.61 Å². The number of rotatable bonds is 4. The Balaban J connectivity index is 2.45. The van der Waals surface area contributed by atoms with Crippen molar-refractivity contribution in [3.8, 4) is 5.75 Å². The molecule has 0 aromatic heterocycles. The van der Waals surface area contributed by atoms with Crippen LogP contribution < -0.4 is 4.74 Å². The molecule has 1 aliphatic carbocycles. The molecule has 102 valence electrons. The maximum atomic E-state index is 12.4. The van der Waals surface area contributed by atoms with E-state index in [1.807, 2.05) is 6.92 Å². The number of hydrogen-bond acceptors (Lipinski definition) is 3. The molecular weight excluding hydrogens is 335 g/mol. The summed E-state index contributed by atoms with van der Waals surface area (Å²) in [5, 5.41) is 9.15. The smallest absolute Gasteiger partial charge is 0.341 e. The SMILES string of the molecule is CCC1(Br)Cc2c(Cl)ccc(OCC(=O)O)c2C1=O. The van der Waals surface area contributed by atoms with Crippen molar-refractivity contribution in [3.05, 3.63) is 28.3 Å². The van der Waals surface area contributed by atoms with Crippen LogP contribution in [-0.2, 0) is 11.2 Å². The number of carboxylic acids is 1. The Morgan fingerprint density at radius 2 is 2.26 bits per heavy atom. The second-order valence-electron chi connectivity index (χ2n) is 4.41. The van der Waals surface area contributed by atoms with E-state index in [4.69, 9.17) is 21.4 Å². The fourth-order valence-electron chi connectivity index (χ4n) is 2.15. The molecule has 1 aliphatic rings. The van der Waals surface area contributed by atoms with Crippen molar-refractivity contribution < 1.29 is 19.4 Å². The van der Waals surface area contributed by atoms with Crippen molar-refractivity contribution in [1.82, 2.24) is 0 Å². The zero-order chi connectivity index (χ0) is 14.2. The molecule has 1 atom stereocenters. The molecule has 0 saturated heterocycles. The summed E-state index contributed by atoms with van der Waals surface area (Å²) in [5.74, 6) is -0.913. The molecular formula is C13H12BrClO4. The number of ether oxygens (including phenoxy) is 1. The minimum absolute atomic E-state index is 0.104. The Labute approximate surface area is 123 Å². The van der Waals surface area contributed by atoms with Gasteiger partial charge in [0.2, 0.25) is 0 Å². The van der Waals surface area contributed by atoms with Crippen LogP contribution in [0.25, 0.3) is 0 Å². The lowest BCUT2D eigenvalue weighted by Gasteiger charge is -2.16. The van der Waals surface area contributed by atoms with E-state index in [1.165, 1.54) is 6.07 Å². The van der Waals surface area contributed by atoms with Gasteiger partial charge in [0, 0.05) is 5.02 Å². The zero-order valence-corrected chi connectivity index (χ0v) is 12.5. The number of ketones is 1. The number of benzene rings is 1.